The van der Waals surface area contributed by atoms with Gasteiger partial charge in [-0.25, -0.2) is 0 Å². The number of benzene rings is 1. The minimum absolute atomic E-state index is 0.503. The average Bonchev–Trinajstić information content (AvgIpc) is 3.30. The molecule has 4 atom stereocenters. The van der Waals surface area contributed by atoms with Crippen LogP contribution in [-0.4, -0.2) is 39.0 Å². The van der Waals surface area contributed by atoms with E-state index in [1.807, 2.05) is 0 Å². The predicted octanol–water partition coefficient (Wildman–Crippen LogP) is 4.76. The van der Waals surface area contributed by atoms with E-state index in [-0.39, 0.29) is 0 Å². The van der Waals surface area contributed by atoms with Crippen molar-refractivity contribution in [3.05, 3.63) is 60.4 Å². The molecule has 1 aromatic heterocycles. The smallest absolute Gasteiger partial charge is 0.134 e. The van der Waals surface area contributed by atoms with Crippen LogP contribution in [0.4, 0.5) is 0 Å². The van der Waals surface area contributed by atoms with Gasteiger partial charge in [0.05, 0.1) is 0 Å². The van der Waals surface area contributed by atoms with E-state index in [4.69, 9.17) is 4.42 Å². The molecular weight excluding hydrogens is 348 g/mol. The van der Waals surface area contributed by atoms with Crippen molar-refractivity contribution in [2.24, 2.45) is 11.8 Å². The highest BCUT2D eigenvalue weighted by atomic mass is 28.3. The monoisotopic (exact) mass is 378 g/mol. The number of nitrogens with one attached hydrogen (secondary N) is 1. The fraction of sp³-hybridized carbons (Fsp3) is 0.478. The number of hydrogen-bond acceptors (Lipinski definition) is 3. The Morgan fingerprint density at radius 3 is 2.56 bits per heavy atom. The van der Waals surface area contributed by atoms with Gasteiger partial charge >= 0.3 is 0 Å². The van der Waals surface area contributed by atoms with E-state index in [2.05, 4.69) is 77.6 Å². The molecule has 142 valence electrons. The molecule has 2 heterocycles. The van der Waals surface area contributed by atoms with Crippen LogP contribution in [0.25, 0.3) is 11.0 Å². The maximum Gasteiger partial charge on any atom is 0.134 e. The maximum atomic E-state index is 6.34. The zero-order valence-corrected chi connectivity index (χ0v) is 17.4. The molecule has 1 aromatic carbocycles. The molecule has 2 fully saturated rings. The first-order chi connectivity index (χ1) is 13.1. The number of furan rings is 1. The molecule has 1 saturated carbocycles. The van der Waals surface area contributed by atoms with E-state index in [0.717, 1.165) is 24.2 Å². The summed E-state index contributed by atoms with van der Waals surface area (Å²) in [6.45, 7) is 9.91. The lowest BCUT2D eigenvalue weighted by Gasteiger charge is -2.45. The number of hydrogen-bond donors (Lipinski definition) is 1. The Hall–Kier alpha value is -1.62. The fourth-order valence-electron chi connectivity index (χ4n) is 5.76. The van der Waals surface area contributed by atoms with Crippen LogP contribution >= 0.6 is 0 Å². The lowest BCUT2D eigenvalue weighted by molar-refractivity contribution is 0.346. The Morgan fingerprint density at radius 2 is 1.78 bits per heavy atom. The highest BCUT2D eigenvalue weighted by molar-refractivity contribution is 6.76. The van der Waals surface area contributed by atoms with Crippen molar-refractivity contribution in [3.8, 4) is 0 Å². The Labute approximate surface area is 163 Å². The molecule has 2 aliphatic carbocycles. The average molecular weight is 379 g/mol. The molecule has 1 saturated heterocycles. The van der Waals surface area contributed by atoms with E-state index in [1.54, 1.807) is 0 Å². The number of fused-ring (bicyclic) bond motifs is 2. The lowest BCUT2D eigenvalue weighted by Crippen LogP contribution is -2.59. The number of rotatable bonds is 3. The van der Waals surface area contributed by atoms with E-state index in [9.17, 15) is 0 Å². The first-order valence-electron chi connectivity index (χ1n) is 10.4. The van der Waals surface area contributed by atoms with Crippen LogP contribution < -0.4 is 5.32 Å². The molecule has 3 unspecified atom stereocenters. The second kappa shape index (κ2) is 6.76. The largest absolute Gasteiger partial charge is 0.461 e. The van der Waals surface area contributed by atoms with Gasteiger partial charge < -0.3 is 14.3 Å². The number of nitrogens with zero attached hydrogens (tertiary/aromatic N) is 1. The van der Waals surface area contributed by atoms with E-state index >= 15 is 0 Å². The molecule has 1 N–H and O–H groups in total. The van der Waals surface area contributed by atoms with Crippen LogP contribution in [0, 0.1) is 11.8 Å². The summed E-state index contributed by atoms with van der Waals surface area (Å²) >= 11 is 0. The molecule has 0 spiro atoms. The van der Waals surface area contributed by atoms with Gasteiger partial charge in [-0.3, -0.25) is 0 Å². The van der Waals surface area contributed by atoms with E-state index < -0.39 is 8.24 Å². The summed E-state index contributed by atoms with van der Waals surface area (Å²) in [4.78, 5) is 0. The standard InChI is InChI=1S/C23H30N2OSi/c1-27(2,25-13-11-24-12-14-25)23-16-20(18-8-4-5-9-19(18)23)22-15-17-7-3-6-10-21(17)26-22/h3-10,15,18-20,23-24H,11-14,16H2,1-2H3/t18?,19?,20-,23?/m0/s1. The summed E-state index contributed by atoms with van der Waals surface area (Å²) in [5, 5.41) is 4.76. The molecule has 3 nitrogen and oxygen atoms in total. The lowest BCUT2D eigenvalue weighted by atomic mass is 9.85. The molecule has 0 bridgehead atoms. The Kier molecular flexibility index (Phi) is 4.38. The third kappa shape index (κ3) is 2.95. The van der Waals surface area contributed by atoms with Crippen molar-refractivity contribution in [1.82, 2.24) is 9.88 Å². The quantitative estimate of drug-likeness (QED) is 0.781. The second-order valence-electron chi connectivity index (χ2n) is 8.95. The van der Waals surface area contributed by atoms with Crippen LogP contribution in [0.5, 0.6) is 0 Å². The molecule has 2 aromatic rings. The first-order valence-corrected chi connectivity index (χ1v) is 13.5. The highest BCUT2D eigenvalue weighted by Gasteiger charge is 2.51. The van der Waals surface area contributed by atoms with Gasteiger partial charge in [0.15, 0.2) is 0 Å². The van der Waals surface area contributed by atoms with Crippen LogP contribution in [0.15, 0.2) is 59.1 Å². The molecule has 27 heavy (non-hydrogen) atoms. The molecule has 0 radical (unpaired) electrons. The summed E-state index contributed by atoms with van der Waals surface area (Å²) in [7, 11) is -1.52. The third-order valence-corrected chi connectivity index (χ3v) is 11.8. The van der Waals surface area contributed by atoms with Gasteiger partial charge in [0.2, 0.25) is 0 Å². The minimum Gasteiger partial charge on any atom is -0.461 e. The number of piperazine rings is 1. The van der Waals surface area contributed by atoms with Crippen LogP contribution in [0.2, 0.25) is 18.6 Å². The number of allylic oxidation sites excluding steroid dienone is 4. The Bertz CT molecular complexity index is 844. The van der Waals surface area contributed by atoms with Crippen LogP contribution in [-0.2, 0) is 0 Å². The normalized spacial score (nSPS) is 31.5. The van der Waals surface area contributed by atoms with Crippen molar-refractivity contribution < 1.29 is 4.42 Å². The zero-order valence-electron chi connectivity index (χ0n) is 16.4. The maximum absolute atomic E-state index is 6.34. The Morgan fingerprint density at radius 1 is 1.04 bits per heavy atom. The van der Waals surface area contributed by atoms with Crippen molar-refractivity contribution in [2.45, 2.75) is 31.0 Å². The molecular formula is C23H30N2OSi. The fourth-order valence-corrected chi connectivity index (χ4v) is 9.71. The van der Waals surface area contributed by atoms with E-state index in [0.29, 0.717) is 17.8 Å². The summed E-state index contributed by atoms with van der Waals surface area (Å²) in [5.74, 6) is 2.93. The topological polar surface area (TPSA) is 28.4 Å². The van der Waals surface area contributed by atoms with Gasteiger partial charge in [0.25, 0.3) is 0 Å². The second-order valence-corrected chi connectivity index (χ2v) is 13.6. The zero-order chi connectivity index (χ0) is 18.4. The Balaban J connectivity index is 1.49. The van der Waals surface area contributed by atoms with Crippen molar-refractivity contribution >= 4 is 19.2 Å². The summed E-state index contributed by atoms with van der Waals surface area (Å²) in [6.07, 6.45) is 10.7. The van der Waals surface area contributed by atoms with Gasteiger partial charge in [-0.15, -0.1) is 0 Å². The van der Waals surface area contributed by atoms with Crippen molar-refractivity contribution in [2.75, 3.05) is 26.2 Å². The molecule has 1 aliphatic heterocycles. The summed E-state index contributed by atoms with van der Waals surface area (Å²) in [6, 6.07) is 10.7. The summed E-state index contributed by atoms with van der Waals surface area (Å²) in [5.41, 5.74) is 1.81. The predicted molar refractivity (Wildman–Crippen MR) is 115 cm³/mol. The number of para-hydroxylation sites is 1. The molecule has 3 aliphatic rings. The van der Waals surface area contributed by atoms with E-state index in [1.165, 1.54) is 30.7 Å². The SMILES string of the molecule is C[Si](C)(C1C[C@H](c2cc3ccccc3o2)C2C=CC=CC21)N1CCNCC1. The van der Waals surface area contributed by atoms with Crippen LogP contribution in [0.3, 0.4) is 0 Å². The van der Waals surface area contributed by atoms with Gasteiger partial charge in [0, 0.05) is 37.5 Å². The third-order valence-electron chi connectivity index (χ3n) is 7.31. The van der Waals surface area contributed by atoms with Gasteiger partial charge in [-0.05, 0) is 35.9 Å². The van der Waals surface area contributed by atoms with Gasteiger partial charge in [-0.1, -0.05) is 55.6 Å². The van der Waals surface area contributed by atoms with Crippen molar-refractivity contribution in [1.29, 1.82) is 0 Å². The molecule has 4 heteroatoms. The molecule has 5 rings (SSSR count). The van der Waals surface area contributed by atoms with Gasteiger partial charge in [0.1, 0.15) is 19.6 Å². The summed E-state index contributed by atoms with van der Waals surface area (Å²) < 4.78 is 9.19. The van der Waals surface area contributed by atoms with Crippen LogP contribution in [0.1, 0.15) is 18.1 Å². The van der Waals surface area contributed by atoms with Gasteiger partial charge in [-0.2, -0.15) is 0 Å². The first kappa shape index (κ1) is 17.5. The highest BCUT2D eigenvalue weighted by Crippen LogP contribution is 2.57. The molecule has 0 amide bonds. The minimum atomic E-state index is -1.52. The van der Waals surface area contributed by atoms with Crippen molar-refractivity contribution in [3.63, 3.8) is 0 Å².